The molecule has 1 saturated heterocycles. The van der Waals surface area contributed by atoms with E-state index in [1.807, 2.05) is 31.9 Å². The van der Waals surface area contributed by atoms with Gasteiger partial charge >= 0.3 is 6.09 Å². The highest BCUT2D eigenvalue weighted by Crippen LogP contribution is 2.46. The summed E-state index contributed by atoms with van der Waals surface area (Å²) < 4.78 is 13.6. The molecule has 0 aromatic carbocycles. The number of hydrogen-bond donors (Lipinski definition) is 2. The third-order valence-corrected chi connectivity index (χ3v) is 7.58. The van der Waals surface area contributed by atoms with E-state index >= 15 is 0 Å². The predicted octanol–water partition coefficient (Wildman–Crippen LogP) is 4.04. The minimum Gasteiger partial charge on any atom is -0.484 e. The van der Waals surface area contributed by atoms with Crippen LogP contribution in [0.2, 0.25) is 0 Å². The summed E-state index contributed by atoms with van der Waals surface area (Å²) in [5, 5.41) is 15.1. The molecule has 1 spiro atoms. The fraction of sp³-hybridized carbons (Fsp3) is 0.640. The molecule has 11 heteroatoms. The van der Waals surface area contributed by atoms with Crippen LogP contribution in [0.5, 0.6) is 5.75 Å². The van der Waals surface area contributed by atoms with Gasteiger partial charge in [-0.2, -0.15) is 14.6 Å². The zero-order valence-corrected chi connectivity index (χ0v) is 21.2. The first-order chi connectivity index (χ1) is 17.3. The van der Waals surface area contributed by atoms with Gasteiger partial charge in [-0.15, -0.1) is 5.10 Å². The molecule has 2 saturated carbocycles. The van der Waals surface area contributed by atoms with E-state index < -0.39 is 5.60 Å². The number of carbonyl (C=O) groups excluding carboxylic acids is 1. The van der Waals surface area contributed by atoms with E-state index in [-0.39, 0.29) is 23.7 Å². The van der Waals surface area contributed by atoms with Crippen LogP contribution in [0, 0.1) is 5.41 Å². The van der Waals surface area contributed by atoms with Crippen molar-refractivity contribution in [3.8, 4) is 17.0 Å². The molecule has 4 heterocycles. The highest BCUT2D eigenvalue weighted by atomic mass is 16.6. The van der Waals surface area contributed by atoms with E-state index in [0.717, 1.165) is 62.9 Å². The van der Waals surface area contributed by atoms with Crippen molar-refractivity contribution in [2.75, 3.05) is 18.4 Å². The number of aromatic amines is 1. The van der Waals surface area contributed by atoms with Gasteiger partial charge in [-0.1, -0.05) is 0 Å². The number of fused-ring (bicyclic) bond motifs is 1. The standard InChI is InChI=1S/C25H34N8O3/c1-24(2,3)36-23(34)32-10-9-25(14-32)8-7-17(11-25)29-22-30-21-20(35-18-5-4-6-18)19(16-12-27-28-13-16)26-15-33(21)31-22/h12-13,15,17-18H,4-11,14H2,1-3H3,(H,27,28)(H,29,31). The fourth-order valence-electron chi connectivity index (χ4n) is 5.55. The number of H-pyrrole nitrogens is 1. The molecule has 3 aromatic heterocycles. The fourth-order valence-corrected chi connectivity index (χ4v) is 5.55. The second-order valence-electron chi connectivity index (χ2n) is 11.5. The van der Waals surface area contributed by atoms with Crippen LogP contribution in [-0.4, -0.2) is 71.6 Å². The molecule has 11 nitrogen and oxygen atoms in total. The number of ether oxygens (including phenoxy) is 2. The van der Waals surface area contributed by atoms with Crippen LogP contribution in [0.1, 0.15) is 65.7 Å². The first-order valence-corrected chi connectivity index (χ1v) is 12.9. The molecule has 6 rings (SSSR count). The molecular formula is C25H34N8O3. The number of nitrogens with one attached hydrogen (secondary N) is 2. The van der Waals surface area contributed by atoms with E-state index in [1.54, 1.807) is 17.0 Å². The molecule has 3 aliphatic rings. The van der Waals surface area contributed by atoms with E-state index in [4.69, 9.17) is 14.5 Å². The molecule has 0 radical (unpaired) electrons. The van der Waals surface area contributed by atoms with Crippen molar-refractivity contribution in [2.45, 2.75) is 83.5 Å². The summed E-state index contributed by atoms with van der Waals surface area (Å²) in [6.45, 7) is 7.22. The third kappa shape index (κ3) is 4.46. The van der Waals surface area contributed by atoms with Gasteiger partial charge in [0, 0.05) is 30.9 Å². The Bertz CT molecular complexity index is 1250. The Morgan fingerprint density at radius 3 is 2.83 bits per heavy atom. The van der Waals surface area contributed by atoms with E-state index in [0.29, 0.717) is 17.3 Å². The van der Waals surface area contributed by atoms with Crippen LogP contribution >= 0.6 is 0 Å². The maximum Gasteiger partial charge on any atom is 0.410 e. The number of hydrogen-bond acceptors (Lipinski definition) is 8. The van der Waals surface area contributed by atoms with Crippen molar-refractivity contribution in [1.29, 1.82) is 0 Å². The van der Waals surface area contributed by atoms with Crippen molar-refractivity contribution in [2.24, 2.45) is 5.41 Å². The lowest BCUT2D eigenvalue weighted by molar-refractivity contribution is 0.0273. The van der Waals surface area contributed by atoms with Crippen LogP contribution in [0.15, 0.2) is 18.7 Å². The van der Waals surface area contributed by atoms with Crippen molar-refractivity contribution in [3.05, 3.63) is 18.7 Å². The Morgan fingerprint density at radius 1 is 1.25 bits per heavy atom. The molecule has 1 amide bonds. The Kier molecular flexibility index (Phi) is 5.53. The largest absolute Gasteiger partial charge is 0.484 e. The zero-order chi connectivity index (χ0) is 24.9. The summed E-state index contributed by atoms with van der Waals surface area (Å²) in [4.78, 5) is 23.9. The van der Waals surface area contributed by atoms with Crippen molar-refractivity contribution >= 4 is 17.7 Å². The van der Waals surface area contributed by atoms with Crippen molar-refractivity contribution in [1.82, 2.24) is 34.7 Å². The lowest BCUT2D eigenvalue weighted by Gasteiger charge is -2.27. The van der Waals surface area contributed by atoms with Crippen LogP contribution < -0.4 is 10.1 Å². The summed E-state index contributed by atoms with van der Waals surface area (Å²) in [5.74, 6) is 1.22. The average Bonchev–Trinajstić information content (AvgIpc) is 3.58. The maximum atomic E-state index is 12.6. The predicted molar refractivity (Wildman–Crippen MR) is 133 cm³/mol. The minimum atomic E-state index is -0.477. The number of anilines is 1. The van der Waals surface area contributed by atoms with Gasteiger partial charge < -0.3 is 19.7 Å². The molecular weight excluding hydrogens is 460 g/mol. The molecule has 2 atom stereocenters. The molecule has 1 aliphatic heterocycles. The normalized spacial score (nSPS) is 24.4. The number of nitrogens with zero attached hydrogens (tertiary/aromatic N) is 6. The van der Waals surface area contributed by atoms with Crippen LogP contribution in [0.25, 0.3) is 16.9 Å². The van der Waals surface area contributed by atoms with Gasteiger partial charge in [0.05, 0.1) is 12.3 Å². The Hall–Kier alpha value is -3.37. The average molecular weight is 495 g/mol. The van der Waals surface area contributed by atoms with E-state index in [2.05, 4.69) is 25.6 Å². The van der Waals surface area contributed by atoms with Gasteiger partial charge in [-0.05, 0) is 71.1 Å². The third-order valence-electron chi connectivity index (χ3n) is 7.58. The first-order valence-electron chi connectivity index (χ1n) is 12.9. The molecule has 192 valence electrons. The van der Waals surface area contributed by atoms with Gasteiger partial charge in [-0.3, -0.25) is 5.10 Å². The summed E-state index contributed by atoms with van der Waals surface area (Å²) in [7, 11) is 0. The maximum absolute atomic E-state index is 12.6. The zero-order valence-electron chi connectivity index (χ0n) is 21.2. The topological polar surface area (TPSA) is 123 Å². The number of aromatic nitrogens is 6. The summed E-state index contributed by atoms with van der Waals surface area (Å²) in [5.41, 5.74) is 1.88. The number of rotatable bonds is 5. The molecule has 36 heavy (non-hydrogen) atoms. The van der Waals surface area contributed by atoms with Crippen molar-refractivity contribution < 1.29 is 14.3 Å². The Labute approximate surface area is 210 Å². The summed E-state index contributed by atoms with van der Waals surface area (Å²) in [6, 6.07) is 0.248. The van der Waals surface area contributed by atoms with Crippen LogP contribution in [0.3, 0.4) is 0 Å². The van der Waals surface area contributed by atoms with Gasteiger partial charge in [0.2, 0.25) is 11.6 Å². The molecule has 0 bridgehead atoms. The van der Waals surface area contributed by atoms with Crippen LogP contribution in [-0.2, 0) is 4.74 Å². The Morgan fingerprint density at radius 2 is 2.11 bits per heavy atom. The molecule has 2 unspecified atom stereocenters. The second-order valence-corrected chi connectivity index (χ2v) is 11.5. The van der Waals surface area contributed by atoms with Gasteiger partial charge in [0.1, 0.15) is 17.6 Å². The van der Waals surface area contributed by atoms with Crippen LogP contribution in [0.4, 0.5) is 10.7 Å². The minimum absolute atomic E-state index is 0.127. The quantitative estimate of drug-likeness (QED) is 0.545. The number of carbonyl (C=O) groups is 1. The second kappa shape index (κ2) is 8.63. The highest BCUT2D eigenvalue weighted by Gasteiger charge is 2.46. The molecule has 2 N–H and O–H groups in total. The SMILES string of the molecule is CC(C)(C)OC(=O)N1CCC2(CCC(Nc3nc4c(OC5CCC5)c(-c5cn[nH]c5)ncn4n3)C2)C1. The summed E-state index contributed by atoms with van der Waals surface area (Å²) in [6.07, 6.45) is 12.5. The molecule has 3 aromatic rings. The Balaban J connectivity index is 1.17. The first kappa shape index (κ1) is 23.1. The monoisotopic (exact) mass is 494 g/mol. The number of amides is 1. The highest BCUT2D eigenvalue weighted by molar-refractivity contribution is 5.74. The van der Waals surface area contributed by atoms with Gasteiger partial charge in [-0.25, -0.2) is 9.78 Å². The van der Waals surface area contributed by atoms with Crippen molar-refractivity contribution in [3.63, 3.8) is 0 Å². The van der Waals surface area contributed by atoms with E-state index in [1.165, 1.54) is 6.42 Å². The lowest BCUT2D eigenvalue weighted by Crippen LogP contribution is -2.36. The molecule has 2 aliphatic carbocycles. The smallest absolute Gasteiger partial charge is 0.410 e. The summed E-state index contributed by atoms with van der Waals surface area (Å²) >= 11 is 0. The number of likely N-dealkylation sites (tertiary alicyclic amines) is 1. The molecule has 3 fully saturated rings. The van der Waals surface area contributed by atoms with Gasteiger partial charge in [0.25, 0.3) is 0 Å². The van der Waals surface area contributed by atoms with Gasteiger partial charge in [0.15, 0.2) is 5.75 Å². The lowest BCUT2D eigenvalue weighted by atomic mass is 9.85. The van der Waals surface area contributed by atoms with E-state index in [9.17, 15) is 4.79 Å².